The van der Waals surface area contributed by atoms with Crippen molar-refractivity contribution in [2.45, 2.75) is 92.6 Å². The number of aliphatic hydroxyl groups is 1. The molecule has 0 spiro atoms. The number of hydrogen-bond donors (Lipinski definition) is 1. The minimum atomic E-state index is -3.87. The van der Waals surface area contributed by atoms with Crippen LogP contribution in [0.15, 0.2) is 58.3 Å². The first-order valence-electron chi connectivity index (χ1n) is 14.8. The lowest BCUT2D eigenvalue weighted by Gasteiger charge is -2.21. The molecule has 6 rings (SSSR count). The predicted octanol–water partition coefficient (Wildman–Crippen LogP) is 1.86. The molecule has 15 heteroatoms. The van der Waals surface area contributed by atoms with Crippen LogP contribution in [0.4, 0.5) is 0 Å². The molecule has 4 aliphatic rings. The SMILES string of the molecule is CCOC(C)O[C@@H]1CO[C@H]2[C@@H]1OC[C@H]2OS(=O)(=O)c1ccc(C)cc1.Cc1ccc(S(=O)(=O)O[C@@H]2CO[C@H]3[C@@H]2OC[C@H]3O)cc1. The van der Waals surface area contributed by atoms with Gasteiger partial charge in [0.1, 0.15) is 48.8 Å². The zero-order chi connectivity index (χ0) is 32.4. The van der Waals surface area contributed by atoms with E-state index in [1.54, 1.807) is 24.3 Å². The van der Waals surface area contributed by atoms with E-state index in [1.807, 2.05) is 27.7 Å². The van der Waals surface area contributed by atoms with Crippen LogP contribution in [0.1, 0.15) is 25.0 Å². The Kier molecular flexibility index (Phi) is 11.0. The lowest BCUT2D eigenvalue weighted by molar-refractivity contribution is -0.175. The molecule has 9 atom stereocenters. The van der Waals surface area contributed by atoms with Crippen molar-refractivity contribution in [3.8, 4) is 0 Å². The van der Waals surface area contributed by atoms with Crippen molar-refractivity contribution in [1.29, 1.82) is 0 Å². The average Bonchev–Trinajstić information content (AvgIpc) is 3.76. The van der Waals surface area contributed by atoms with Crippen LogP contribution in [0.2, 0.25) is 0 Å². The molecule has 0 saturated carbocycles. The molecule has 0 aromatic heterocycles. The molecule has 0 amide bonds. The molecule has 45 heavy (non-hydrogen) atoms. The maximum absolute atomic E-state index is 12.4. The molecular formula is C30H40O13S2. The Bertz CT molecular complexity index is 1480. The lowest BCUT2D eigenvalue weighted by Crippen LogP contribution is -2.36. The summed E-state index contributed by atoms with van der Waals surface area (Å²) in [6, 6.07) is 12.9. The van der Waals surface area contributed by atoms with Gasteiger partial charge in [-0.1, -0.05) is 35.4 Å². The van der Waals surface area contributed by atoms with Gasteiger partial charge in [-0.15, -0.1) is 0 Å². The number of ether oxygens (including phenoxy) is 6. The molecule has 2 aromatic carbocycles. The molecule has 4 saturated heterocycles. The van der Waals surface area contributed by atoms with Gasteiger partial charge >= 0.3 is 0 Å². The van der Waals surface area contributed by atoms with Crippen molar-refractivity contribution in [1.82, 2.24) is 0 Å². The van der Waals surface area contributed by atoms with Gasteiger partial charge in [0, 0.05) is 6.61 Å². The van der Waals surface area contributed by atoms with Crippen molar-refractivity contribution >= 4 is 20.2 Å². The lowest BCUT2D eigenvalue weighted by atomic mass is 10.1. The summed E-state index contributed by atoms with van der Waals surface area (Å²) < 4.78 is 93.0. The van der Waals surface area contributed by atoms with Gasteiger partial charge < -0.3 is 33.5 Å². The number of aryl methyl sites for hydroxylation is 2. The summed E-state index contributed by atoms with van der Waals surface area (Å²) in [5, 5.41) is 9.61. The molecule has 0 radical (unpaired) electrons. The fraction of sp³-hybridized carbons (Fsp3) is 0.600. The Labute approximate surface area is 263 Å². The van der Waals surface area contributed by atoms with Gasteiger partial charge in [0.25, 0.3) is 20.2 Å². The second-order valence-corrected chi connectivity index (χ2v) is 14.4. The Morgan fingerprint density at radius 2 is 1.09 bits per heavy atom. The second-order valence-electron chi connectivity index (χ2n) is 11.3. The van der Waals surface area contributed by atoms with Crippen LogP contribution < -0.4 is 0 Å². The van der Waals surface area contributed by atoms with Gasteiger partial charge in [0.05, 0.1) is 36.2 Å². The van der Waals surface area contributed by atoms with Gasteiger partial charge in [-0.25, -0.2) is 0 Å². The van der Waals surface area contributed by atoms with Crippen LogP contribution in [-0.4, -0.2) is 110 Å². The molecule has 1 N–H and O–H groups in total. The van der Waals surface area contributed by atoms with Crippen molar-refractivity contribution in [2.75, 3.05) is 33.0 Å². The molecule has 2 aromatic rings. The topological polar surface area (TPSA) is 162 Å². The minimum absolute atomic E-state index is 0.0947. The summed E-state index contributed by atoms with van der Waals surface area (Å²) in [6.07, 6.45) is -4.69. The average molecular weight is 673 g/mol. The van der Waals surface area contributed by atoms with Crippen LogP contribution in [0, 0.1) is 13.8 Å². The van der Waals surface area contributed by atoms with Crippen LogP contribution in [0.3, 0.4) is 0 Å². The number of aliphatic hydroxyl groups excluding tert-OH is 1. The zero-order valence-corrected chi connectivity index (χ0v) is 27.1. The first-order chi connectivity index (χ1) is 21.4. The van der Waals surface area contributed by atoms with Crippen LogP contribution in [-0.2, 0) is 57.0 Å². The highest BCUT2D eigenvalue weighted by molar-refractivity contribution is 7.87. The van der Waals surface area contributed by atoms with E-state index in [4.69, 9.17) is 36.8 Å². The van der Waals surface area contributed by atoms with Crippen LogP contribution >= 0.6 is 0 Å². The molecule has 4 heterocycles. The summed E-state index contributed by atoms with van der Waals surface area (Å²) >= 11 is 0. The van der Waals surface area contributed by atoms with Crippen molar-refractivity contribution < 1.29 is 58.7 Å². The third kappa shape index (κ3) is 8.11. The van der Waals surface area contributed by atoms with Crippen molar-refractivity contribution in [3.63, 3.8) is 0 Å². The highest BCUT2D eigenvalue weighted by atomic mass is 32.2. The van der Waals surface area contributed by atoms with E-state index >= 15 is 0 Å². The smallest absolute Gasteiger partial charge is 0.297 e. The van der Waals surface area contributed by atoms with Gasteiger partial charge in [0.2, 0.25) is 0 Å². The van der Waals surface area contributed by atoms with Gasteiger partial charge in [0.15, 0.2) is 6.29 Å². The largest absolute Gasteiger partial charge is 0.388 e. The molecule has 13 nitrogen and oxygen atoms in total. The minimum Gasteiger partial charge on any atom is -0.388 e. The second kappa shape index (κ2) is 14.4. The third-order valence-corrected chi connectivity index (χ3v) is 10.5. The first-order valence-corrected chi connectivity index (χ1v) is 17.6. The first kappa shape index (κ1) is 34.3. The molecule has 250 valence electrons. The van der Waals surface area contributed by atoms with E-state index in [2.05, 4.69) is 0 Å². The number of benzene rings is 2. The summed E-state index contributed by atoms with van der Waals surface area (Å²) in [4.78, 5) is 0.224. The molecule has 4 aliphatic heterocycles. The monoisotopic (exact) mass is 672 g/mol. The molecule has 4 fully saturated rings. The maximum Gasteiger partial charge on any atom is 0.297 e. The predicted molar refractivity (Wildman–Crippen MR) is 157 cm³/mol. The van der Waals surface area contributed by atoms with Gasteiger partial charge in [-0.2, -0.15) is 16.8 Å². The van der Waals surface area contributed by atoms with E-state index in [0.29, 0.717) is 13.2 Å². The van der Waals surface area contributed by atoms with Gasteiger partial charge in [-0.3, -0.25) is 8.37 Å². The number of rotatable bonds is 10. The van der Waals surface area contributed by atoms with Crippen molar-refractivity contribution in [3.05, 3.63) is 59.7 Å². The fourth-order valence-electron chi connectivity index (χ4n) is 5.52. The van der Waals surface area contributed by atoms with E-state index in [1.165, 1.54) is 24.3 Å². The summed E-state index contributed by atoms with van der Waals surface area (Å²) in [7, 11) is -7.73. The Hall–Kier alpha value is -2.02. The molecular weight excluding hydrogens is 632 g/mol. The highest BCUT2D eigenvalue weighted by Crippen LogP contribution is 2.33. The standard InChI is InChI=1S/C17H24O7S.C13H16O6S/c1-4-20-12(3)23-14-9-21-17-15(10-22-16(14)17)24-25(18,19)13-7-5-11(2)6-8-13;1-8-2-4-9(5-3-8)20(15,16)19-11-7-18-12-10(14)6-17-13(11)12/h5-8,12,14-17H,4,9-10H2,1-3H3;2-5,10-14H,6-7H2,1H3/t12?,14-,15-,16-,17-;10-,11-,12-,13-/m11/s1. The van der Waals surface area contributed by atoms with E-state index in [9.17, 15) is 21.9 Å². The highest BCUT2D eigenvalue weighted by Gasteiger charge is 2.51. The molecule has 0 bridgehead atoms. The quantitative estimate of drug-likeness (QED) is 0.288. The number of hydrogen-bond acceptors (Lipinski definition) is 13. The van der Waals surface area contributed by atoms with Crippen LogP contribution in [0.5, 0.6) is 0 Å². The van der Waals surface area contributed by atoms with Gasteiger partial charge in [-0.05, 0) is 52.0 Å². The zero-order valence-electron chi connectivity index (χ0n) is 25.5. The third-order valence-electron chi connectivity index (χ3n) is 7.83. The maximum atomic E-state index is 12.4. The van der Waals surface area contributed by atoms with E-state index in [-0.39, 0.29) is 48.1 Å². The van der Waals surface area contributed by atoms with Crippen LogP contribution in [0.25, 0.3) is 0 Å². The molecule has 1 unspecified atom stereocenters. The Balaban J connectivity index is 0.000000182. The van der Waals surface area contributed by atoms with E-state index in [0.717, 1.165) is 11.1 Å². The number of fused-ring (bicyclic) bond motifs is 2. The normalized spacial score (nSPS) is 31.7. The summed E-state index contributed by atoms with van der Waals surface area (Å²) in [5.41, 5.74) is 1.95. The van der Waals surface area contributed by atoms with E-state index < -0.39 is 56.9 Å². The Morgan fingerprint density at radius 3 is 1.58 bits per heavy atom. The fourth-order valence-corrected chi connectivity index (χ4v) is 7.66. The summed E-state index contributed by atoms with van der Waals surface area (Å²) in [6.45, 7) is 8.70. The Morgan fingerprint density at radius 1 is 0.689 bits per heavy atom. The summed E-state index contributed by atoms with van der Waals surface area (Å²) in [5.74, 6) is 0. The van der Waals surface area contributed by atoms with Crippen molar-refractivity contribution in [2.24, 2.45) is 0 Å². The molecule has 0 aliphatic carbocycles.